The second-order valence-corrected chi connectivity index (χ2v) is 7.40. The Morgan fingerprint density at radius 1 is 1.04 bits per heavy atom. The minimum absolute atomic E-state index is 0.00165. The molecule has 0 saturated carbocycles. The molecule has 1 atom stereocenters. The smallest absolute Gasteiger partial charge is 0.251 e. The van der Waals surface area contributed by atoms with E-state index in [-0.39, 0.29) is 5.91 Å². The molecule has 1 N–H and O–H groups in total. The average Bonchev–Trinajstić information content (AvgIpc) is 3.39. The van der Waals surface area contributed by atoms with Crippen LogP contribution in [-0.2, 0) is 0 Å². The van der Waals surface area contributed by atoms with Gasteiger partial charge >= 0.3 is 0 Å². The number of rotatable bonds is 5. The molecule has 3 nitrogen and oxygen atoms in total. The lowest BCUT2D eigenvalue weighted by molar-refractivity contribution is 0.0951. The van der Waals surface area contributed by atoms with Crippen LogP contribution in [0.5, 0.6) is 0 Å². The molecule has 1 saturated heterocycles. The zero-order valence-electron chi connectivity index (χ0n) is 14.6. The van der Waals surface area contributed by atoms with Crippen molar-refractivity contribution in [2.24, 2.45) is 0 Å². The van der Waals surface area contributed by atoms with E-state index in [9.17, 15) is 4.79 Å². The van der Waals surface area contributed by atoms with Crippen molar-refractivity contribution in [3.8, 4) is 11.1 Å². The summed E-state index contributed by atoms with van der Waals surface area (Å²) in [7, 11) is 0. The van der Waals surface area contributed by atoms with Crippen molar-refractivity contribution in [3.63, 3.8) is 0 Å². The predicted octanol–water partition coefficient (Wildman–Crippen LogP) is 4.81. The summed E-state index contributed by atoms with van der Waals surface area (Å²) in [6.45, 7) is 1.74. The van der Waals surface area contributed by atoms with E-state index in [2.05, 4.69) is 51.3 Å². The summed E-state index contributed by atoms with van der Waals surface area (Å²) >= 11 is 1.68. The molecule has 0 bridgehead atoms. The molecule has 26 heavy (non-hydrogen) atoms. The normalized spacial score (nSPS) is 16.6. The van der Waals surface area contributed by atoms with Gasteiger partial charge in [-0.25, -0.2) is 0 Å². The maximum atomic E-state index is 12.5. The fourth-order valence-corrected chi connectivity index (χ4v) is 4.23. The molecule has 2 aromatic carbocycles. The highest BCUT2D eigenvalue weighted by atomic mass is 32.1. The van der Waals surface area contributed by atoms with Gasteiger partial charge in [0.2, 0.25) is 0 Å². The van der Waals surface area contributed by atoms with Gasteiger partial charge in [0.05, 0.1) is 0 Å². The lowest BCUT2D eigenvalue weighted by Gasteiger charge is -2.27. The topological polar surface area (TPSA) is 32.3 Å². The van der Waals surface area contributed by atoms with Gasteiger partial charge < -0.3 is 10.2 Å². The quantitative estimate of drug-likeness (QED) is 0.706. The minimum Gasteiger partial charge on any atom is -0.367 e. The van der Waals surface area contributed by atoms with Crippen molar-refractivity contribution >= 4 is 22.9 Å². The van der Waals surface area contributed by atoms with Crippen LogP contribution in [0.25, 0.3) is 11.1 Å². The van der Waals surface area contributed by atoms with E-state index in [4.69, 9.17) is 0 Å². The Labute approximate surface area is 158 Å². The van der Waals surface area contributed by atoms with Crippen LogP contribution in [0.3, 0.4) is 0 Å². The molecule has 0 unspecified atom stereocenters. The molecule has 132 valence electrons. The van der Waals surface area contributed by atoms with E-state index in [1.807, 2.05) is 30.3 Å². The molecule has 2 heterocycles. The van der Waals surface area contributed by atoms with Crippen LogP contribution in [0.1, 0.15) is 23.2 Å². The average molecular weight is 362 g/mol. The van der Waals surface area contributed by atoms with E-state index in [0.717, 1.165) is 18.5 Å². The number of hydrogen-bond acceptors (Lipinski definition) is 3. The summed E-state index contributed by atoms with van der Waals surface area (Å²) in [5, 5.41) is 7.30. The highest BCUT2D eigenvalue weighted by molar-refractivity contribution is 7.08. The maximum Gasteiger partial charge on any atom is 0.251 e. The van der Waals surface area contributed by atoms with Gasteiger partial charge in [-0.1, -0.05) is 30.3 Å². The number of hydrogen-bond donors (Lipinski definition) is 1. The van der Waals surface area contributed by atoms with Crippen LogP contribution in [0.4, 0.5) is 5.69 Å². The van der Waals surface area contributed by atoms with Crippen molar-refractivity contribution < 1.29 is 4.79 Å². The Balaban J connectivity index is 1.37. The van der Waals surface area contributed by atoms with E-state index < -0.39 is 0 Å². The second-order valence-electron chi connectivity index (χ2n) is 6.62. The number of para-hydroxylation sites is 1. The van der Waals surface area contributed by atoms with E-state index in [1.165, 1.54) is 17.7 Å². The largest absolute Gasteiger partial charge is 0.367 e. The highest BCUT2D eigenvalue weighted by Crippen LogP contribution is 2.25. The van der Waals surface area contributed by atoms with Crippen molar-refractivity contribution in [1.29, 1.82) is 0 Å². The number of thiophene rings is 1. The number of benzene rings is 2. The summed E-state index contributed by atoms with van der Waals surface area (Å²) in [5.41, 5.74) is 4.30. The summed E-state index contributed by atoms with van der Waals surface area (Å²) in [5.74, 6) is 0.00165. The van der Waals surface area contributed by atoms with Crippen LogP contribution in [0, 0.1) is 0 Å². The molecule has 4 rings (SSSR count). The molecular formula is C22H22N2OS. The number of carbonyl (C=O) groups is 1. The van der Waals surface area contributed by atoms with Gasteiger partial charge in [-0.15, -0.1) is 0 Å². The molecule has 1 aliphatic rings. The van der Waals surface area contributed by atoms with Gasteiger partial charge in [0.25, 0.3) is 5.91 Å². The molecule has 3 aromatic rings. The van der Waals surface area contributed by atoms with Gasteiger partial charge in [-0.05, 0) is 65.1 Å². The van der Waals surface area contributed by atoms with Crippen molar-refractivity contribution in [2.75, 3.05) is 18.0 Å². The predicted molar refractivity (Wildman–Crippen MR) is 109 cm³/mol. The summed E-state index contributed by atoms with van der Waals surface area (Å²) in [6, 6.07) is 20.8. The number of nitrogens with one attached hydrogen (secondary N) is 1. The van der Waals surface area contributed by atoms with Gasteiger partial charge in [-0.3, -0.25) is 4.79 Å². The van der Waals surface area contributed by atoms with Crippen LogP contribution in [0.2, 0.25) is 0 Å². The van der Waals surface area contributed by atoms with Gasteiger partial charge in [-0.2, -0.15) is 11.3 Å². The van der Waals surface area contributed by atoms with Crippen LogP contribution in [0.15, 0.2) is 71.4 Å². The zero-order chi connectivity index (χ0) is 17.8. The second kappa shape index (κ2) is 7.75. The Bertz CT molecular complexity index is 844. The maximum absolute atomic E-state index is 12.5. The van der Waals surface area contributed by atoms with Crippen molar-refractivity contribution in [2.45, 2.75) is 18.9 Å². The third-order valence-electron chi connectivity index (χ3n) is 4.96. The lowest BCUT2D eigenvalue weighted by atomic mass is 10.1. The first-order valence-corrected chi connectivity index (χ1v) is 9.98. The van der Waals surface area contributed by atoms with Crippen LogP contribution >= 0.6 is 11.3 Å². The fraction of sp³-hybridized carbons (Fsp3) is 0.227. The van der Waals surface area contributed by atoms with Crippen LogP contribution < -0.4 is 10.2 Å². The van der Waals surface area contributed by atoms with Crippen molar-refractivity contribution in [3.05, 3.63) is 77.0 Å². The van der Waals surface area contributed by atoms with E-state index in [0.29, 0.717) is 18.2 Å². The Morgan fingerprint density at radius 3 is 2.58 bits per heavy atom. The number of carbonyl (C=O) groups excluding carboxylic acids is 1. The van der Waals surface area contributed by atoms with Gasteiger partial charge in [0.1, 0.15) is 0 Å². The molecular weight excluding hydrogens is 340 g/mol. The van der Waals surface area contributed by atoms with Crippen molar-refractivity contribution in [1.82, 2.24) is 5.32 Å². The Morgan fingerprint density at radius 2 is 1.85 bits per heavy atom. The molecule has 1 aliphatic heterocycles. The summed E-state index contributed by atoms with van der Waals surface area (Å²) < 4.78 is 0. The Hall–Kier alpha value is -2.59. The number of anilines is 1. The van der Waals surface area contributed by atoms with Gasteiger partial charge in [0.15, 0.2) is 0 Å². The van der Waals surface area contributed by atoms with E-state index in [1.54, 1.807) is 11.3 Å². The number of nitrogens with zero attached hydrogens (tertiary/aromatic N) is 1. The van der Waals surface area contributed by atoms with E-state index >= 15 is 0 Å². The third-order valence-corrected chi connectivity index (χ3v) is 5.65. The highest BCUT2D eigenvalue weighted by Gasteiger charge is 2.25. The monoisotopic (exact) mass is 362 g/mol. The number of amides is 1. The lowest BCUT2D eigenvalue weighted by Crippen LogP contribution is -2.40. The molecule has 0 spiro atoms. The first-order valence-electron chi connectivity index (χ1n) is 9.04. The molecule has 1 aromatic heterocycles. The summed E-state index contributed by atoms with van der Waals surface area (Å²) in [4.78, 5) is 14.9. The summed E-state index contributed by atoms with van der Waals surface area (Å²) in [6.07, 6.45) is 2.29. The SMILES string of the molecule is O=C(NC[C@H]1CCCN1c1ccccc1)c1ccc(-c2ccsc2)cc1. The minimum atomic E-state index is 0.00165. The fourth-order valence-electron chi connectivity index (χ4n) is 3.56. The Kier molecular flexibility index (Phi) is 5.02. The first kappa shape index (κ1) is 16.9. The molecule has 1 fully saturated rings. The zero-order valence-corrected chi connectivity index (χ0v) is 15.4. The third kappa shape index (κ3) is 3.65. The molecule has 4 heteroatoms. The standard InChI is InChI=1S/C22H22N2OS/c25-22(18-10-8-17(9-11-18)19-12-14-26-16-19)23-15-21-7-4-13-24(21)20-5-2-1-3-6-20/h1-3,5-6,8-12,14,16,21H,4,7,13,15H2,(H,23,25)/t21-/m1/s1. The molecule has 0 radical (unpaired) electrons. The molecule has 0 aliphatic carbocycles. The first-order chi connectivity index (χ1) is 12.8. The van der Waals surface area contributed by atoms with Gasteiger partial charge in [0, 0.05) is 30.4 Å². The molecule has 1 amide bonds. The van der Waals surface area contributed by atoms with Crippen LogP contribution in [-0.4, -0.2) is 25.0 Å².